The Labute approximate surface area is 102 Å². The van der Waals surface area contributed by atoms with Crippen LogP contribution in [0.4, 0.5) is 11.6 Å². The molecule has 1 N–H and O–H groups in total. The Morgan fingerprint density at radius 3 is 3.00 bits per heavy atom. The van der Waals surface area contributed by atoms with Gasteiger partial charge in [-0.05, 0) is 31.6 Å². The second-order valence-corrected chi connectivity index (χ2v) is 5.11. The maximum Gasteiger partial charge on any atom is 0.134 e. The van der Waals surface area contributed by atoms with Gasteiger partial charge < -0.3 is 10.2 Å². The molecule has 4 heteroatoms. The standard InChI is InChI=1S/C13H20N4/c1-14-12-8-13(16-9-15-12)17-7-3-5-10-4-2-6-11(10)17/h8-11H,2-7H2,1H3,(H,14,15,16). The van der Waals surface area contributed by atoms with Crippen LogP contribution in [-0.2, 0) is 0 Å². The van der Waals surface area contributed by atoms with Crippen LogP contribution in [0.1, 0.15) is 32.1 Å². The van der Waals surface area contributed by atoms with Gasteiger partial charge in [0.25, 0.3) is 0 Å². The van der Waals surface area contributed by atoms with Crippen molar-refractivity contribution in [3.05, 3.63) is 12.4 Å². The van der Waals surface area contributed by atoms with E-state index in [1.54, 1.807) is 6.33 Å². The number of hydrogen-bond donors (Lipinski definition) is 1. The van der Waals surface area contributed by atoms with Gasteiger partial charge in [0.15, 0.2) is 0 Å². The number of piperidine rings is 1. The van der Waals surface area contributed by atoms with Crippen molar-refractivity contribution >= 4 is 11.6 Å². The highest BCUT2D eigenvalue weighted by Gasteiger charge is 2.35. The Morgan fingerprint density at radius 1 is 1.24 bits per heavy atom. The van der Waals surface area contributed by atoms with Crippen LogP contribution in [0.15, 0.2) is 12.4 Å². The summed E-state index contributed by atoms with van der Waals surface area (Å²) in [6.45, 7) is 1.15. The van der Waals surface area contributed by atoms with Gasteiger partial charge in [-0.25, -0.2) is 9.97 Å². The highest BCUT2D eigenvalue weighted by Crippen LogP contribution is 2.38. The van der Waals surface area contributed by atoms with Crippen LogP contribution in [0.5, 0.6) is 0 Å². The third kappa shape index (κ3) is 1.96. The predicted molar refractivity (Wildman–Crippen MR) is 69.3 cm³/mol. The van der Waals surface area contributed by atoms with Gasteiger partial charge in [0, 0.05) is 25.7 Å². The molecule has 0 amide bonds. The third-order valence-electron chi connectivity index (χ3n) is 4.20. The van der Waals surface area contributed by atoms with Crippen molar-refractivity contribution in [3.63, 3.8) is 0 Å². The first-order valence-electron chi connectivity index (χ1n) is 6.65. The van der Waals surface area contributed by atoms with Gasteiger partial charge in [0.1, 0.15) is 18.0 Å². The van der Waals surface area contributed by atoms with Gasteiger partial charge in [-0.1, -0.05) is 6.42 Å². The van der Waals surface area contributed by atoms with E-state index in [2.05, 4.69) is 26.3 Å². The van der Waals surface area contributed by atoms with Crippen LogP contribution < -0.4 is 10.2 Å². The van der Waals surface area contributed by atoms with E-state index in [1.807, 2.05) is 7.05 Å². The first-order chi connectivity index (χ1) is 8.38. The van der Waals surface area contributed by atoms with E-state index < -0.39 is 0 Å². The minimum absolute atomic E-state index is 0.725. The molecular formula is C13H20N4. The molecule has 1 aliphatic heterocycles. The highest BCUT2D eigenvalue weighted by molar-refractivity contribution is 5.49. The van der Waals surface area contributed by atoms with Gasteiger partial charge in [-0.2, -0.15) is 0 Å². The summed E-state index contributed by atoms with van der Waals surface area (Å²) in [6.07, 6.45) is 8.51. The SMILES string of the molecule is CNc1cc(N2CCCC3CCCC32)ncn1. The lowest BCUT2D eigenvalue weighted by molar-refractivity contribution is 0.360. The molecule has 1 saturated heterocycles. The summed E-state index contributed by atoms with van der Waals surface area (Å²) >= 11 is 0. The third-order valence-corrected chi connectivity index (χ3v) is 4.20. The van der Waals surface area contributed by atoms with Gasteiger partial charge in [-0.3, -0.25) is 0 Å². The number of anilines is 2. The molecule has 0 bridgehead atoms. The Balaban J connectivity index is 1.86. The molecule has 0 radical (unpaired) electrons. The average molecular weight is 232 g/mol. The lowest BCUT2D eigenvalue weighted by Gasteiger charge is -2.38. The van der Waals surface area contributed by atoms with E-state index in [0.29, 0.717) is 0 Å². The fraction of sp³-hybridized carbons (Fsp3) is 0.692. The first-order valence-corrected chi connectivity index (χ1v) is 6.65. The van der Waals surface area contributed by atoms with Crippen molar-refractivity contribution in [2.24, 2.45) is 5.92 Å². The molecule has 0 aromatic carbocycles. The number of fused-ring (bicyclic) bond motifs is 1. The van der Waals surface area contributed by atoms with Crippen molar-refractivity contribution in [2.45, 2.75) is 38.1 Å². The molecule has 4 nitrogen and oxygen atoms in total. The number of hydrogen-bond acceptors (Lipinski definition) is 4. The zero-order chi connectivity index (χ0) is 11.7. The van der Waals surface area contributed by atoms with E-state index in [-0.39, 0.29) is 0 Å². The van der Waals surface area contributed by atoms with E-state index in [4.69, 9.17) is 0 Å². The summed E-state index contributed by atoms with van der Waals surface area (Å²) in [6, 6.07) is 2.80. The Morgan fingerprint density at radius 2 is 2.12 bits per heavy atom. The van der Waals surface area contributed by atoms with Crippen LogP contribution in [0.25, 0.3) is 0 Å². The van der Waals surface area contributed by atoms with Gasteiger partial charge >= 0.3 is 0 Å². The first kappa shape index (κ1) is 10.8. The maximum atomic E-state index is 4.45. The van der Waals surface area contributed by atoms with Crippen molar-refractivity contribution in [1.29, 1.82) is 0 Å². The molecule has 2 heterocycles. The zero-order valence-corrected chi connectivity index (χ0v) is 10.4. The summed E-state index contributed by atoms with van der Waals surface area (Å²) in [4.78, 5) is 11.1. The summed E-state index contributed by atoms with van der Waals surface area (Å²) in [5.74, 6) is 2.91. The number of nitrogens with one attached hydrogen (secondary N) is 1. The summed E-state index contributed by atoms with van der Waals surface area (Å²) in [5.41, 5.74) is 0. The highest BCUT2D eigenvalue weighted by atomic mass is 15.2. The van der Waals surface area contributed by atoms with E-state index in [0.717, 1.165) is 30.1 Å². The van der Waals surface area contributed by atoms with E-state index in [1.165, 1.54) is 32.1 Å². The predicted octanol–water partition coefficient (Wildman–Crippen LogP) is 2.29. The number of rotatable bonds is 2. The van der Waals surface area contributed by atoms with Gasteiger partial charge in [0.05, 0.1) is 0 Å². The molecule has 1 aliphatic carbocycles. The molecule has 92 valence electrons. The fourth-order valence-electron chi connectivity index (χ4n) is 3.38. The molecule has 3 rings (SSSR count). The van der Waals surface area contributed by atoms with E-state index in [9.17, 15) is 0 Å². The molecule has 1 saturated carbocycles. The zero-order valence-electron chi connectivity index (χ0n) is 10.4. The lowest BCUT2D eigenvalue weighted by Crippen LogP contribution is -2.43. The Bertz CT molecular complexity index is 393. The van der Waals surface area contributed by atoms with Crippen LogP contribution >= 0.6 is 0 Å². The largest absolute Gasteiger partial charge is 0.373 e. The molecule has 2 unspecified atom stereocenters. The van der Waals surface area contributed by atoms with Gasteiger partial charge in [0.2, 0.25) is 0 Å². The Hall–Kier alpha value is -1.32. The average Bonchev–Trinajstić information content (AvgIpc) is 2.87. The Kier molecular flexibility index (Phi) is 2.87. The molecule has 2 aliphatic rings. The lowest BCUT2D eigenvalue weighted by atomic mass is 9.92. The second-order valence-electron chi connectivity index (χ2n) is 5.11. The number of aromatic nitrogens is 2. The van der Waals surface area contributed by atoms with Crippen molar-refractivity contribution in [3.8, 4) is 0 Å². The fourth-order valence-corrected chi connectivity index (χ4v) is 3.38. The molecule has 2 atom stereocenters. The van der Waals surface area contributed by atoms with Crippen molar-refractivity contribution in [1.82, 2.24) is 9.97 Å². The molecule has 17 heavy (non-hydrogen) atoms. The quantitative estimate of drug-likeness (QED) is 0.849. The monoisotopic (exact) mass is 232 g/mol. The van der Waals surface area contributed by atoms with Crippen LogP contribution in [0.2, 0.25) is 0 Å². The minimum atomic E-state index is 0.725. The topological polar surface area (TPSA) is 41.0 Å². The summed E-state index contributed by atoms with van der Waals surface area (Å²) in [5, 5.41) is 3.09. The van der Waals surface area contributed by atoms with Crippen LogP contribution in [-0.4, -0.2) is 29.6 Å². The van der Waals surface area contributed by atoms with Crippen LogP contribution in [0.3, 0.4) is 0 Å². The molecule has 2 fully saturated rings. The summed E-state index contributed by atoms with van der Waals surface area (Å²) < 4.78 is 0. The molecule has 1 aromatic heterocycles. The summed E-state index contributed by atoms with van der Waals surface area (Å²) in [7, 11) is 1.90. The smallest absolute Gasteiger partial charge is 0.134 e. The van der Waals surface area contributed by atoms with Crippen molar-refractivity contribution in [2.75, 3.05) is 23.8 Å². The molecule has 1 aromatic rings. The second kappa shape index (κ2) is 4.51. The maximum absolute atomic E-state index is 4.45. The number of nitrogens with zero attached hydrogens (tertiary/aromatic N) is 3. The van der Waals surface area contributed by atoms with E-state index >= 15 is 0 Å². The normalized spacial score (nSPS) is 27.9. The van der Waals surface area contributed by atoms with Crippen LogP contribution in [0, 0.1) is 5.92 Å². The minimum Gasteiger partial charge on any atom is -0.373 e. The van der Waals surface area contributed by atoms with Crippen molar-refractivity contribution < 1.29 is 0 Å². The van der Waals surface area contributed by atoms with Gasteiger partial charge in [-0.15, -0.1) is 0 Å². The molecular weight excluding hydrogens is 212 g/mol. The molecule has 0 spiro atoms.